The Morgan fingerprint density at radius 1 is 1.50 bits per heavy atom. The van der Waals surface area contributed by atoms with E-state index in [1.54, 1.807) is 6.92 Å². The number of nitro groups is 1. The van der Waals surface area contributed by atoms with Gasteiger partial charge in [-0.2, -0.15) is 0 Å². The largest absolute Gasteiger partial charge is 0.357 e. The van der Waals surface area contributed by atoms with Crippen molar-refractivity contribution in [3.05, 3.63) is 27.9 Å². The maximum atomic E-state index is 10.8. The summed E-state index contributed by atoms with van der Waals surface area (Å²) < 4.78 is 0. The number of piperidine rings is 1. The van der Waals surface area contributed by atoms with Crippen LogP contribution in [0.5, 0.6) is 0 Å². The Morgan fingerprint density at radius 3 is 2.75 bits per heavy atom. The van der Waals surface area contributed by atoms with E-state index in [9.17, 15) is 10.1 Å². The lowest BCUT2D eigenvalue weighted by atomic mass is 9.97. The Bertz CT molecular complexity index is 472. The van der Waals surface area contributed by atoms with Crippen LogP contribution in [0.1, 0.15) is 25.3 Å². The number of pyridine rings is 1. The topological polar surface area (TPSA) is 71.3 Å². The van der Waals surface area contributed by atoms with Gasteiger partial charge in [0.15, 0.2) is 0 Å². The molecule has 1 aliphatic rings. The number of aromatic nitrogens is 1. The van der Waals surface area contributed by atoms with Gasteiger partial charge < -0.3 is 10.2 Å². The van der Waals surface area contributed by atoms with Crippen molar-refractivity contribution < 1.29 is 4.92 Å². The summed E-state index contributed by atoms with van der Waals surface area (Å²) in [5, 5.41) is 14.2. The molecular formula is C14H22N4O2. The zero-order valence-electron chi connectivity index (χ0n) is 12.1. The molecule has 6 nitrogen and oxygen atoms in total. The molecule has 0 spiro atoms. The van der Waals surface area contributed by atoms with Crippen molar-refractivity contribution in [3.8, 4) is 0 Å². The van der Waals surface area contributed by atoms with Crippen LogP contribution >= 0.6 is 0 Å². The van der Waals surface area contributed by atoms with Crippen molar-refractivity contribution in [1.29, 1.82) is 0 Å². The van der Waals surface area contributed by atoms with E-state index in [0.29, 0.717) is 11.5 Å². The summed E-state index contributed by atoms with van der Waals surface area (Å²) in [6, 6.07) is 1.82. The van der Waals surface area contributed by atoms with Gasteiger partial charge in [-0.1, -0.05) is 0 Å². The first kappa shape index (κ1) is 14.7. The zero-order valence-corrected chi connectivity index (χ0v) is 12.1. The van der Waals surface area contributed by atoms with Crippen LogP contribution in [0, 0.1) is 23.0 Å². The number of nitrogens with zero attached hydrogens (tertiary/aromatic N) is 3. The highest BCUT2D eigenvalue weighted by molar-refractivity contribution is 5.48. The highest BCUT2D eigenvalue weighted by atomic mass is 16.6. The van der Waals surface area contributed by atoms with Crippen LogP contribution in [0.15, 0.2) is 12.3 Å². The second-order valence-electron chi connectivity index (χ2n) is 5.32. The summed E-state index contributed by atoms with van der Waals surface area (Å²) in [4.78, 5) is 16.9. The van der Waals surface area contributed by atoms with E-state index in [2.05, 4.69) is 22.1 Å². The first-order valence-electron chi connectivity index (χ1n) is 7.18. The van der Waals surface area contributed by atoms with Gasteiger partial charge in [0.2, 0.25) is 0 Å². The summed E-state index contributed by atoms with van der Waals surface area (Å²) >= 11 is 0. The van der Waals surface area contributed by atoms with Gasteiger partial charge in [-0.25, -0.2) is 4.98 Å². The molecule has 20 heavy (non-hydrogen) atoms. The highest BCUT2D eigenvalue weighted by Crippen LogP contribution is 2.23. The first-order chi connectivity index (χ1) is 9.61. The summed E-state index contributed by atoms with van der Waals surface area (Å²) in [6.45, 7) is 7.86. The quantitative estimate of drug-likeness (QED) is 0.660. The molecule has 1 fully saturated rings. The molecule has 6 heteroatoms. The predicted octanol–water partition coefficient (Wildman–Crippen LogP) is 2.12. The van der Waals surface area contributed by atoms with E-state index >= 15 is 0 Å². The highest BCUT2D eigenvalue weighted by Gasteiger charge is 2.19. The van der Waals surface area contributed by atoms with Gasteiger partial charge in [0.25, 0.3) is 5.69 Å². The second-order valence-corrected chi connectivity index (χ2v) is 5.32. The normalized spacial score (nSPS) is 16.1. The van der Waals surface area contributed by atoms with Crippen molar-refractivity contribution in [3.63, 3.8) is 0 Å². The molecule has 2 rings (SSSR count). The van der Waals surface area contributed by atoms with Gasteiger partial charge in [0.1, 0.15) is 12.0 Å². The summed E-state index contributed by atoms with van der Waals surface area (Å²) in [5.41, 5.74) is 0.760. The number of aryl methyl sites for hydroxylation is 1. The Morgan fingerprint density at radius 2 is 2.20 bits per heavy atom. The minimum absolute atomic E-state index is 0.0895. The van der Waals surface area contributed by atoms with Crippen LogP contribution in [0.2, 0.25) is 0 Å². The van der Waals surface area contributed by atoms with Crippen LogP contribution in [0.4, 0.5) is 11.5 Å². The molecule has 1 aliphatic heterocycles. The molecule has 1 aromatic heterocycles. The lowest BCUT2D eigenvalue weighted by molar-refractivity contribution is -0.385. The Kier molecular flexibility index (Phi) is 4.89. The van der Waals surface area contributed by atoms with Gasteiger partial charge in [0, 0.05) is 18.7 Å². The summed E-state index contributed by atoms with van der Waals surface area (Å²) in [7, 11) is 0. The second kappa shape index (κ2) is 6.65. The van der Waals surface area contributed by atoms with E-state index in [4.69, 9.17) is 0 Å². The fraction of sp³-hybridized carbons (Fsp3) is 0.643. The van der Waals surface area contributed by atoms with Crippen molar-refractivity contribution in [2.45, 2.75) is 26.7 Å². The molecule has 0 aliphatic carbocycles. The van der Waals surface area contributed by atoms with Crippen molar-refractivity contribution in [2.24, 2.45) is 5.92 Å². The van der Waals surface area contributed by atoms with E-state index in [1.165, 1.54) is 19.0 Å². The van der Waals surface area contributed by atoms with Gasteiger partial charge in [-0.3, -0.25) is 10.1 Å². The third kappa shape index (κ3) is 3.45. The fourth-order valence-corrected chi connectivity index (χ4v) is 2.66. The Hall–Kier alpha value is -1.69. The van der Waals surface area contributed by atoms with Crippen LogP contribution in [-0.4, -0.2) is 36.1 Å². The van der Waals surface area contributed by atoms with Crippen molar-refractivity contribution >= 4 is 11.5 Å². The third-order valence-corrected chi connectivity index (χ3v) is 3.91. The van der Waals surface area contributed by atoms with Crippen LogP contribution in [-0.2, 0) is 0 Å². The molecule has 0 radical (unpaired) electrons. The fourth-order valence-electron chi connectivity index (χ4n) is 2.66. The minimum atomic E-state index is -0.380. The zero-order chi connectivity index (χ0) is 14.5. The molecule has 0 amide bonds. The van der Waals surface area contributed by atoms with E-state index < -0.39 is 0 Å². The van der Waals surface area contributed by atoms with E-state index in [0.717, 1.165) is 32.0 Å². The Labute approximate surface area is 119 Å². The maximum Gasteiger partial charge on any atom is 0.290 e. The van der Waals surface area contributed by atoms with Gasteiger partial charge in [0.05, 0.1) is 4.92 Å². The number of hydrogen-bond donors (Lipinski definition) is 1. The van der Waals surface area contributed by atoms with E-state index in [1.807, 2.05) is 6.07 Å². The lowest BCUT2D eigenvalue weighted by Crippen LogP contribution is -2.36. The van der Waals surface area contributed by atoms with Crippen LogP contribution in [0.3, 0.4) is 0 Å². The molecule has 0 aromatic carbocycles. The number of rotatable bonds is 5. The van der Waals surface area contributed by atoms with Gasteiger partial charge in [-0.15, -0.1) is 0 Å². The van der Waals surface area contributed by atoms with Crippen molar-refractivity contribution in [1.82, 2.24) is 10.3 Å². The summed E-state index contributed by atoms with van der Waals surface area (Å²) in [5.74, 6) is 1.52. The number of anilines is 1. The lowest BCUT2D eigenvalue weighted by Gasteiger charge is -2.30. The average Bonchev–Trinajstić information content (AvgIpc) is 2.45. The average molecular weight is 278 g/mol. The smallest absolute Gasteiger partial charge is 0.290 e. The summed E-state index contributed by atoms with van der Waals surface area (Å²) in [6.07, 6.45) is 3.74. The number of hydrogen-bond acceptors (Lipinski definition) is 5. The standard InChI is InChI=1S/C14H22N4O2/c1-3-17(10-12-4-6-15-7-5-12)14-8-11(2)13(9-16-14)18(19)20/h8-9,12,15H,3-7,10H2,1-2H3. The molecule has 0 bridgehead atoms. The molecule has 2 heterocycles. The molecule has 0 saturated carbocycles. The maximum absolute atomic E-state index is 10.8. The molecule has 0 atom stereocenters. The van der Waals surface area contributed by atoms with E-state index in [-0.39, 0.29) is 10.6 Å². The Balaban J connectivity index is 2.10. The molecule has 110 valence electrons. The van der Waals surface area contributed by atoms with Gasteiger partial charge in [-0.05, 0) is 51.8 Å². The van der Waals surface area contributed by atoms with Gasteiger partial charge >= 0.3 is 0 Å². The van der Waals surface area contributed by atoms with Crippen molar-refractivity contribution in [2.75, 3.05) is 31.1 Å². The molecule has 1 aromatic rings. The third-order valence-electron chi connectivity index (χ3n) is 3.91. The monoisotopic (exact) mass is 278 g/mol. The first-order valence-corrected chi connectivity index (χ1v) is 7.18. The SMILES string of the molecule is CCN(CC1CCNCC1)c1cc(C)c([N+](=O)[O-])cn1. The van der Waals surface area contributed by atoms with Crippen LogP contribution in [0.25, 0.3) is 0 Å². The molecule has 1 N–H and O–H groups in total. The molecule has 1 saturated heterocycles. The minimum Gasteiger partial charge on any atom is -0.357 e. The molecule has 0 unspecified atom stereocenters. The predicted molar refractivity (Wildman–Crippen MR) is 79.1 cm³/mol. The number of nitrogens with one attached hydrogen (secondary N) is 1. The van der Waals surface area contributed by atoms with Crippen LogP contribution < -0.4 is 10.2 Å². The molecular weight excluding hydrogens is 256 g/mol.